The van der Waals surface area contributed by atoms with Crippen LogP contribution < -0.4 is 10.6 Å². The SMILES string of the molecule is CCNC(=NCC(O)c1cc(Cl)cc(Cl)c1)NCCS(=O)Cc1ccccc1. The minimum absolute atomic E-state index is 0.152. The number of halogens is 2. The molecular formula is C20H25Cl2N3O2S. The van der Waals surface area contributed by atoms with Gasteiger partial charge in [-0.25, -0.2) is 0 Å². The van der Waals surface area contributed by atoms with E-state index < -0.39 is 16.9 Å². The zero-order valence-electron chi connectivity index (χ0n) is 15.7. The molecule has 0 aliphatic carbocycles. The molecule has 0 spiro atoms. The van der Waals surface area contributed by atoms with Gasteiger partial charge in [-0.3, -0.25) is 9.20 Å². The lowest BCUT2D eigenvalue weighted by atomic mass is 10.1. The summed E-state index contributed by atoms with van der Waals surface area (Å²) in [4.78, 5) is 4.39. The largest absolute Gasteiger partial charge is 0.386 e. The number of hydrogen-bond acceptors (Lipinski definition) is 3. The molecule has 2 atom stereocenters. The lowest BCUT2D eigenvalue weighted by molar-refractivity contribution is 0.187. The van der Waals surface area contributed by atoms with Crippen molar-refractivity contribution < 1.29 is 9.32 Å². The second kappa shape index (κ2) is 12.1. The van der Waals surface area contributed by atoms with Crippen molar-refractivity contribution >= 4 is 40.0 Å². The molecule has 0 amide bonds. The van der Waals surface area contributed by atoms with E-state index in [2.05, 4.69) is 15.6 Å². The molecule has 0 aliphatic rings. The number of aliphatic hydroxyl groups is 1. The van der Waals surface area contributed by atoms with Crippen molar-refractivity contribution in [2.75, 3.05) is 25.4 Å². The van der Waals surface area contributed by atoms with Gasteiger partial charge >= 0.3 is 0 Å². The van der Waals surface area contributed by atoms with Gasteiger partial charge in [-0.2, -0.15) is 0 Å². The Bertz CT molecular complexity index is 783. The van der Waals surface area contributed by atoms with Crippen LogP contribution in [0.5, 0.6) is 0 Å². The predicted molar refractivity (Wildman–Crippen MR) is 119 cm³/mol. The molecule has 0 bridgehead atoms. The third-order valence-corrected chi connectivity index (χ3v) is 5.58. The smallest absolute Gasteiger partial charge is 0.191 e. The quantitative estimate of drug-likeness (QED) is 0.410. The summed E-state index contributed by atoms with van der Waals surface area (Å²) in [7, 11) is -0.963. The molecule has 0 aromatic heterocycles. The highest BCUT2D eigenvalue weighted by molar-refractivity contribution is 7.84. The minimum atomic E-state index is -0.963. The van der Waals surface area contributed by atoms with Crippen molar-refractivity contribution in [1.82, 2.24) is 10.6 Å². The number of hydrogen-bond donors (Lipinski definition) is 3. The van der Waals surface area contributed by atoms with E-state index in [4.69, 9.17) is 23.2 Å². The lowest BCUT2D eigenvalue weighted by Crippen LogP contribution is -2.39. The van der Waals surface area contributed by atoms with Crippen LogP contribution in [0.1, 0.15) is 24.2 Å². The highest BCUT2D eigenvalue weighted by Crippen LogP contribution is 2.23. The van der Waals surface area contributed by atoms with Crippen LogP contribution in [-0.4, -0.2) is 40.7 Å². The summed E-state index contributed by atoms with van der Waals surface area (Å²) in [6.07, 6.45) is -0.820. The van der Waals surface area contributed by atoms with Gasteiger partial charge in [0.25, 0.3) is 0 Å². The fraction of sp³-hybridized carbons (Fsp3) is 0.350. The van der Waals surface area contributed by atoms with E-state index in [-0.39, 0.29) is 6.54 Å². The summed E-state index contributed by atoms with van der Waals surface area (Å²) in [5, 5.41) is 17.5. The number of nitrogens with zero attached hydrogens (tertiary/aromatic N) is 1. The first kappa shape index (κ1) is 22.7. The van der Waals surface area contributed by atoms with Crippen molar-refractivity contribution in [3.63, 3.8) is 0 Å². The second-order valence-corrected chi connectivity index (χ2v) is 8.59. The van der Waals surface area contributed by atoms with E-state index in [0.717, 1.165) is 5.56 Å². The van der Waals surface area contributed by atoms with Gasteiger partial charge in [0.15, 0.2) is 5.96 Å². The van der Waals surface area contributed by atoms with Crippen molar-refractivity contribution in [3.8, 4) is 0 Å². The fourth-order valence-corrected chi connectivity index (χ4v) is 4.09. The molecule has 0 saturated heterocycles. The van der Waals surface area contributed by atoms with Crippen LogP contribution in [-0.2, 0) is 16.6 Å². The summed E-state index contributed by atoms with van der Waals surface area (Å²) in [6.45, 7) is 3.30. The first-order valence-corrected chi connectivity index (χ1v) is 11.3. The Hall–Kier alpha value is -1.60. The molecule has 2 rings (SSSR count). The van der Waals surface area contributed by atoms with E-state index in [9.17, 15) is 9.32 Å². The first-order chi connectivity index (χ1) is 13.5. The number of benzene rings is 2. The Morgan fingerprint density at radius 2 is 1.82 bits per heavy atom. The van der Waals surface area contributed by atoms with Crippen molar-refractivity contribution in [1.29, 1.82) is 0 Å². The number of aliphatic imine (C=N–C) groups is 1. The maximum atomic E-state index is 12.2. The summed E-state index contributed by atoms with van der Waals surface area (Å²) in [5.74, 6) is 1.60. The molecule has 152 valence electrons. The molecule has 28 heavy (non-hydrogen) atoms. The molecule has 0 fully saturated rings. The van der Waals surface area contributed by atoms with Gasteiger partial charge in [0, 0.05) is 45.4 Å². The summed E-state index contributed by atoms with van der Waals surface area (Å²) >= 11 is 12.0. The van der Waals surface area contributed by atoms with Crippen LogP contribution in [0.4, 0.5) is 0 Å². The van der Waals surface area contributed by atoms with Crippen molar-refractivity contribution in [3.05, 3.63) is 69.7 Å². The third-order valence-electron chi connectivity index (χ3n) is 3.83. The van der Waals surface area contributed by atoms with Crippen LogP contribution >= 0.6 is 23.2 Å². The highest BCUT2D eigenvalue weighted by Gasteiger charge is 2.10. The predicted octanol–water partition coefficient (Wildman–Crippen LogP) is 3.53. The first-order valence-electron chi connectivity index (χ1n) is 9.03. The lowest BCUT2D eigenvalue weighted by Gasteiger charge is -2.14. The van der Waals surface area contributed by atoms with Gasteiger partial charge in [-0.1, -0.05) is 53.5 Å². The fourth-order valence-electron chi connectivity index (χ4n) is 2.51. The third kappa shape index (κ3) is 8.19. The molecule has 2 aromatic rings. The number of guanidine groups is 1. The van der Waals surface area contributed by atoms with Gasteiger partial charge in [0.2, 0.25) is 0 Å². The molecule has 0 heterocycles. The van der Waals surface area contributed by atoms with Gasteiger partial charge < -0.3 is 15.7 Å². The van der Waals surface area contributed by atoms with Crippen LogP contribution in [0.25, 0.3) is 0 Å². The maximum Gasteiger partial charge on any atom is 0.191 e. The van der Waals surface area contributed by atoms with Crippen molar-refractivity contribution in [2.24, 2.45) is 4.99 Å². The van der Waals surface area contributed by atoms with Crippen LogP contribution in [0, 0.1) is 0 Å². The average molecular weight is 442 g/mol. The molecule has 0 saturated carbocycles. The number of rotatable bonds is 9. The normalized spacial score (nSPS) is 13.8. The molecule has 2 unspecified atom stereocenters. The average Bonchev–Trinajstić information content (AvgIpc) is 2.66. The standard InChI is InChI=1S/C20H25Cl2N3O2S/c1-2-23-20(24-8-9-28(27)14-15-6-4-3-5-7-15)25-13-19(26)16-10-17(21)12-18(22)11-16/h3-7,10-12,19,26H,2,8-9,13-14H2,1H3,(H2,23,24,25). The van der Waals surface area contributed by atoms with Crippen LogP contribution in [0.3, 0.4) is 0 Å². The Morgan fingerprint density at radius 3 is 2.46 bits per heavy atom. The zero-order valence-corrected chi connectivity index (χ0v) is 18.0. The summed E-state index contributed by atoms with van der Waals surface area (Å²) in [6, 6.07) is 14.7. The monoisotopic (exact) mass is 441 g/mol. The van der Waals surface area contributed by atoms with E-state index in [1.807, 2.05) is 37.3 Å². The second-order valence-electron chi connectivity index (χ2n) is 6.14. The van der Waals surface area contributed by atoms with Gasteiger partial charge in [0.05, 0.1) is 12.6 Å². The summed E-state index contributed by atoms with van der Waals surface area (Å²) < 4.78 is 12.2. The van der Waals surface area contributed by atoms with E-state index in [1.54, 1.807) is 18.2 Å². The Labute approximate surface area is 178 Å². The Morgan fingerprint density at radius 1 is 1.14 bits per heavy atom. The van der Waals surface area contributed by atoms with Crippen LogP contribution in [0.2, 0.25) is 10.0 Å². The van der Waals surface area contributed by atoms with Crippen LogP contribution in [0.15, 0.2) is 53.5 Å². The number of aliphatic hydroxyl groups excluding tert-OH is 1. The van der Waals surface area contributed by atoms with Crippen molar-refractivity contribution in [2.45, 2.75) is 18.8 Å². The molecule has 0 aliphatic heterocycles. The Kier molecular flexibility index (Phi) is 9.78. The topological polar surface area (TPSA) is 73.7 Å². The zero-order chi connectivity index (χ0) is 20.4. The van der Waals surface area contributed by atoms with E-state index in [0.29, 0.717) is 46.2 Å². The molecule has 8 heteroatoms. The van der Waals surface area contributed by atoms with Gasteiger partial charge in [-0.15, -0.1) is 0 Å². The van der Waals surface area contributed by atoms with Gasteiger partial charge in [0.1, 0.15) is 0 Å². The maximum absolute atomic E-state index is 12.2. The molecule has 5 nitrogen and oxygen atoms in total. The highest BCUT2D eigenvalue weighted by atomic mass is 35.5. The van der Waals surface area contributed by atoms with Gasteiger partial charge in [-0.05, 0) is 36.2 Å². The van der Waals surface area contributed by atoms with E-state index in [1.165, 1.54) is 0 Å². The van der Waals surface area contributed by atoms with E-state index >= 15 is 0 Å². The Balaban J connectivity index is 1.85. The summed E-state index contributed by atoms with van der Waals surface area (Å²) in [5.41, 5.74) is 1.67. The molecular weight excluding hydrogens is 417 g/mol. The molecule has 2 aromatic carbocycles. The molecule has 0 radical (unpaired) electrons. The minimum Gasteiger partial charge on any atom is -0.386 e. The molecule has 3 N–H and O–H groups in total. The number of nitrogens with one attached hydrogen (secondary N) is 2.